The lowest BCUT2D eigenvalue weighted by Gasteiger charge is -2.14. The van der Waals surface area contributed by atoms with Crippen LogP contribution in [-0.2, 0) is 0 Å². The van der Waals surface area contributed by atoms with E-state index in [4.69, 9.17) is 0 Å². The minimum atomic E-state index is -0.142. The van der Waals surface area contributed by atoms with Crippen LogP contribution in [-0.4, -0.2) is 43.8 Å². The third-order valence-corrected chi connectivity index (χ3v) is 3.52. The molecule has 0 aromatic carbocycles. The van der Waals surface area contributed by atoms with Crippen LogP contribution in [0.15, 0.2) is 23.8 Å². The summed E-state index contributed by atoms with van der Waals surface area (Å²) in [6.07, 6.45) is 3.24. The molecular formula is C10H9N7OS. The summed E-state index contributed by atoms with van der Waals surface area (Å²) in [7, 11) is 1.69. The van der Waals surface area contributed by atoms with Crippen molar-refractivity contribution < 1.29 is 4.79 Å². The third-order valence-electron chi connectivity index (χ3n) is 2.62. The maximum atomic E-state index is 12.4. The summed E-state index contributed by atoms with van der Waals surface area (Å²) < 4.78 is 0. The van der Waals surface area contributed by atoms with Gasteiger partial charge in [0.25, 0.3) is 5.91 Å². The summed E-state index contributed by atoms with van der Waals surface area (Å²) >= 11 is 1.34. The number of aromatic nitrogens is 6. The fourth-order valence-electron chi connectivity index (χ4n) is 1.62. The predicted octanol–water partition coefficient (Wildman–Crippen LogP) is 0.928. The van der Waals surface area contributed by atoms with E-state index in [0.717, 1.165) is 0 Å². The summed E-state index contributed by atoms with van der Waals surface area (Å²) in [4.78, 5) is 14.5. The molecule has 3 aromatic rings. The van der Waals surface area contributed by atoms with Crippen molar-refractivity contribution in [2.45, 2.75) is 0 Å². The number of tetrazole rings is 1. The van der Waals surface area contributed by atoms with Gasteiger partial charge in [0.1, 0.15) is 4.88 Å². The number of thiophene rings is 1. The number of hydrogen-bond donors (Lipinski definition) is 2. The number of H-pyrrole nitrogens is 2. The standard InChI is InChI=1S/C10H9N7OS/c1-17(6-4-11-12-5-6)10(18)8-7(2-3-19-8)9-13-15-16-14-9/h2-5H,1H3,(H,11,12)(H,13,14,15,16). The minimum absolute atomic E-state index is 0.142. The van der Waals surface area contributed by atoms with Crippen LogP contribution in [0.5, 0.6) is 0 Å². The van der Waals surface area contributed by atoms with Gasteiger partial charge in [-0.3, -0.25) is 9.89 Å². The molecule has 8 nitrogen and oxygen atoms in total. The average molecular weight is 275 g/mol. The monoisotopic (exact) mass is 275 g/mol. The summed E-state index contributed by atoms with van der Waals surface area (Å²) in [5, 5.41) is 22.0. The van der Waals surface area contributed by atoms with E-state index in [0.29, 0.717) is 22.0 Å². The highest BCUT2D eigenvalue weighted by molar-refractivity contribution is 7.12. The summed E-state index contributed by atoms with van der Waals surface area (Å²) in [6, 6.07) is 1.80. The first kappa shape index (κ1) is 11.5. The van der Waals surface area contributed by atoms with Gasteiger partial charge in [-0.2, -0.15) is 10.3 Å². The first-order chi connectivity index (χ1) is 9.27. The van der Waals surface area contributed by atoms with Crippen molar-refractivity contribution in [3.63, 3.8) is 0 Å². The molecule has 0 bridgehead atoms. The van der Waals surface area contributed by atoms with Crippen molar-refractivity contribution in [1.82, 2.24) is 30.8 Å². The Kier molecular flexibility index (Phi) is 2.80. The molecule has 9 heteroatoms. The van der Waals surface area contributed by atoms with E-state index >= 15 is 0 Å². The van der Waals surface area contributed by atoms with E-state index in [9.17, 15) is 4.79 Å². The number of rotatable bonds is 3. The maximum absolute atomic E-state index is 12.4. The Bertz CT molecular complexity index is 673. The number of nitrogens with one attached hydrogen (secondary N) is 2. The highest BCUT2D eigenvalue weighted by atomic mass is 32.1. The number of carbonyl (C=O) groups excluding carboxylic acids is 1. The summed E-state index contributed by atoms with van der Waals surface area (Å²) in [5.74, 6) is 0.265. The Morgan fingerprint density at radius 1 is 1.47 bits per heavy atom. The van der Waals surface area contributed by atoms with Crippen LogP contribution in [0.3, 0.4) is 0 Å². The van der Waals surface area contributed by atoms with Gasteiger partial charge in [0, 0.05) is 18.8 Å². The molecule has 0 aliphatic rings. The zero-order valence-corrected chi connectivity index (χ0v) is 10.7. The van der Waals surface area contributed by atoms with E-state index in [1.54, 1.807) is 25.5 Å². The van der Waals surface area contributed by atoms with Crippen LogP contribution in [0.25, 0.3) is 11.4 Å². The molecule has 0 saturated carbocycles. The molecule has 0 radical (unpaired) electrons. The Morgan fingerprint density at radius 3 is 3.05 bits per heavy atom. The van der Waals surface area contributed by atoms with Gasteiger partial charge in [-0.05, 0) is 16.7 Å². The van der Waals surface area contributed by atoms with Gasteiger partial charge < -0.3 is 4.90 Å². The molecule has 3 rings (SSSR count). The molecule has 3 heterocycles. The molecular weight excluding hydrogens is 266 g/mol. The van der Waals surface area contributed by atoms with E-state index in [1.807, 2.05) is 5.38 Å². The lowest BCUT2D eigenvalue weighted by atomic mass is 10.2. The zero-order valence-electron chi connectivity index (χ0n) is 9.86. The van der Waals surface area contributed by atoms with E-state index < -0.39 is 0 Å². The molecule has 96 valence electrons. The van der Waals surface area contributed by atoms with E-state index in [-0.39, 0.29) is 5.91 Å². The van der Waals surface area contributed by atoms with Crippen LogP contribution < -0.4 is 4.90 Å². The van der Waals surface area contributed by atoms with E-state index in [2.05, 4.69) is 30.8 Å². The highest BCUT2D eigenvalue weighted by Crippen LogP contribution is 2.27. The molecule has 2 N–H and O–H groups in total. The first-order valence-corrected chi connectivity index (χ1v) is 6.23. The van der Waals surface area contributed by atoms with Crippen LogP contribution in [0.1, 0.15) is 9.67 Å². The molecule has 0 saturated heterocycles. The van der Waals surface area contributed by atoms with Crippen LogP contribution in [0.4, 0.5) is 5.69 Å². The van der Waals surface area contributed by atoms with Crippen LogP contribution in [0, 0.1) is 0 Å². The quantitative estimate of drug-likeness (QED) is 0.740. The Hall–Kier alpha value is -2.55. The lowest BCUT2D eigenvalue weighted by Crippen LogP contribution is -2.25. The minimum Gasteiger partial charge on any atom is -0.308 e. The van der Waals surface area contributed by atoms with Gasteiger partial charge >= 0.3 is 0 Å². The van der Waals surface area contributed by atoms with Crippen molar-refractivity contribution in [3.8, 4) is 11.4 Å². The average Bonchev–Trinajstić information content (AvgIpc) is 3.15. The number of nitrogens with zero attached hydrogens (tertiary/aromatic N) is 5. The third kappa shape index (κ3) is 1.99. The van der Waals surface area contributed by atoms with Gasteiger partial charge in [0.2, 0.25) is 5.82 Å². The number of aromatic amines is 2. The van der Waals surface area contributed by atoms with Crippen molar-refractivity contribution in [2.24, 2.45) is 0 Å². The summed E-state index contributed by atoms with van der Waals surface area (Å²) in [6.45, 7) is 0. The molecule has 1 amide bonds. The molecule has 0 spiro atoms. The van der Waals surface area contributed by atoms with Crippen LogP contribution >= 0.6 is 11.3 Å². The van der Waals surface area contributed by atoms with Crippen LogP contribution in [0.2, 0.25) is 0 Å². The fourth-order valence-corrected chi connectivity index (χ4v) is 2.49. The van der Waals surface area contributed by atoms with Crippen molar-refractivity contribution in [3.05, 3.63) is 28.7 Å². The van der Waals surface area contributed by atoms with Crippen molar-refractivity contribution in [1.29, 1.82) is 0 Å². The number of hydrogen-bond acceptors (Lipinski definition) is 6. The van der Waals surface area contributed by atoms with Gasteiger partial charge in [0.15, 0.2) is 0 Å². The number of amides is 1. The van der Waals surface area contributed by atoms with Gasteiger partial charge in [-0.1, -0.05) is 0 Å². The second-order valence-corrected chi connectivity index (χ2v) is 4.64. The van der Waals surface area contributed by atoms with Crippen molar-refractivity contribution >= 4 is 22.9 Å². The fraction of sp³-hybridized carbons (Fsp3) is 0.100. The second kappa shape index (κ2) is 4.61. The largest absolute Gasteiger partial charge is 0.308 e. The Labute approximate surface area is 111 Å². The SMILES string of the molecule is CN(C(=O)c1sccc1-c1nn[nH]n1)c1cn[nH]c1. The Balaban J connectivity index is 1.95. The number of carbonyl (C=O) groups is 1. The summed E-state index contributed by atoms with van der Waals surface area (Å²) in [5.41, 5.74) is 1.36. The van der Waals surface area contributed by atoms with Gasteiger partial charge in [-0.15, -0.1) is 21.5 Å². The Morgan fingerprint density at radius 2 is 2.37 bits per heavy atom. The number of anilines is 1. The molecule has 0 aliphatic carbocycles. The lowest BCUT2D eigenvalue weighted by molar-refractivity contribution is 0.0997. The van der Waals surface area contributed by atoms with E-state index in [1.165, 1.54) is 16.2 Å². The van der Waals surface area contributed by atoms with Crippen molar-refractivity contribution in [2.75, 3.05) is 11.9 Å². The molecule has 0 unspecified atom stereocenters. The normalized spacial score (nSPS) is 10.6. The molecule has 0 fully saturated rings. The molecule has 0 aliphatic heterocycles. The second-order valence-electron chi connectivity index (χ2n) is 3.72. The molecule has 3 aromatic heterocycles. The topological polar surface area (TPSA) is 103 Å². The highest BCUT2D eigenvalue weighted by Gasteiger charge is 2.21. The van der Waals surface area contributed by atoms with Gasteiger partial charge in [0.05, 0.1) is 11.9 Å². The molecule has 19 heavy (non-hydrogen) atoms. The maximum Gasteiger partial charge on any atom is 0.268 e. The first-order valence-electron chi connectivity index (χ1n) is 5.35. The van der Waals surface area contributed by atoms with Gasteiger partial charge in [-0.25, -0.2) is 0 Å². The smallest absolute Gasteiger partial charge is 0.268 e. The predicted molar refractivity (Wildman–Crippen MR) is 68.8 cm³/mol. The molecule has 0 atom stereocenters. The zero-order chi connectivity index (χ0) is 13.2.